The molecule has 0 bridgehead atoms. The molecule has 2 aromatic rings. The summed E-state index contributed by atoms with van der Waals surface area (Å²) in [6.45, 7) is 0.264. The number of para-hydroxylation sites is 2. The lowest BCUT2D eigenvalue weighted by atomic mass is 9.85. The van der Waals surface area contributed by atoms with Gasteiger partial charge < -0.3 is 20.1 Å². The van der Waals surface area contributed by atoms with Crippen LogP contribution in [0.5, 0.6) is 11.5 Å². The topological polar surface area (TPSA) is 76.7 Å². The van der Waals surface area contributed by atoms with Gasteiger partial charge in [0.1, 0.15) is 0 Å². The zero-order valence-electron chi connectivity index (χ0n) is 15.4. The smallest absolute Gasteiger partial charge is 0.258 e. The van der Waals surface area contributed by atoms with Crippen molar-refractivity contribution < 1.29 is 19.1 Å². The monoisotopic (exact) mass is 368 g/mol. The molecule has 1 saturated carbocycles. The fourth-order valence-electron chi connectivity index (χ4n) is 2.81. The molecule has 1 aliphatic rings. The predicted molar refractivity (Wildman–Crippen MR) is 103 cm³/mol. The number of anilines is 1. The van der Waals surface area contributed by atoms with Crippen LogP contribution in [0, 0.1) is 5.92 Å². The van der Waals surface area contributed by atoms with Crippen LogP contribution >= 0.6 is 0 Å². The van der Waals surface area contributed by atoms with Crippen molar-refractivity contribution in [2.24, 2.45) is 5.92 Å². The van der Waals surface area contributed by atoms with Crippen molar-refractivity contribution in [1.82, 2.24) is 5.32 Å². The average Bonchev–Trinajstić information content (AvgIpc) is 2.63. The van der Waals surface area contributed by atoms with E-state index in [4.69, 9.17) is 9.47 Å². The SMILES string of the molecule is COc1ccccc1OCC(=O)NCc1cccc(NC(=O)C2CCC2)c1. The Kier molecular flexibility index (Phi) is 6.30. The first-order valence-corrected chi connectivity index (χ1v) is 9.08. The van der Waals surface area contributed by atoms with E-state index in [0.29, 0.717) is 18.0 Å². The van der Waals surface area contributed by atoms with Crippen LogP contribution in [0.3, 0.4) is 0 Å². The molecule has 0 unspecified atom stereocenters. The van der Waals surface area contributed by atoms with Gasteiger partial charge in [-0.05, 0) is 42.7 Å². The molecule has 1 fully saturated rings. The second-order valence-electron chi connectivity index (χ2n) is 6.53. The summed E-state index contributed by atoms with van der Waals surface area (Å²) >= 11 is 0. The van der Waals surface area contributed by atoms with Crippen LogP contribution in [-0.2, 0) is 16.1 Å². The number of rotatable bonds is 8. The molecule has 2 N–H and O–H groups in total. The van der Waals surface area contributed by atoms with E-state index in [0.717, 1.165) is 30.5 Å². The highest BCUT2D eigenvalue weighted by atomic mass is 16.5. The number of carbonyl (C=O) groups is 2. The molecule has 0 atom stereocenters. The van der Waals surface area contributed by atoms with Gasteiger partial charge in [-0.2, -0.15) is 0 Å². The molecule has 2 amide bonds. The lowest BCUT2D eigenvalue weighted by Gasteiger charge is -2.24. The minimum absolute atomic E-state index is 0.0765. The molecule has 3 rings (SSSR count). The summed E-state index contributed by atoms with van der Waals surface area (Å²) in [5.41, 5.74) is 1.66. The summed E-state index contributed by atoms with van der Waals surface area (Å²) in [5.74, 6) is 1.09. The number of amides is 2. The third-order valence-corrected chi connectivity index (χ3v) is 4.59. The molecule has 6 nitrogen and oxygen atoms in total. The van der Waals surface area contributed by atoms with Gasteiger partial charge in [0, 0.05) is 18.2 Å². The average molecular weight is 368 g/mol. The van der Waals surface area contributed by atoms with Gasteiger partial charge in [0.05, 0.1) is 7.11 Å². The Hall–Kier alpha value is -3.02. The Morgan fingerprint density at radius 2 is 1.85 bits per heavy atom. The van der Waals surface area contributed by atoms with Crippen LogP contribution in [0.1, 0.15) is 24.8 Å². The zero-order chi connectivity index (χ0) is 19.1. The quantitative estimate of drug-likeness (QED) is 0.751. The number of nitrogens with one attached hydrogen (secondary N) is 2. The Morgan fingerprint density at radius 1 is 1.07 bits per heavy atom. The highest BCUT2D eigenvalue weighted by molar-refractivity contribution is 5.93. The number of benzene rings is 2. The van der Waals surface area contributed by atoms with Gasteiger partial charge in [-0.25, -0.2) is 0 Å². The minimum Gasteiger partial charge on any atom is -0.493 e. The van der Waals surface area contributed by atoms with Gasteiger partial charge in [-0.3, -0.25) is 9.59 Å². The van der Waals surface area contributed by atoms with Crippen LogP contribution in [0.25, 0.3) is 0 Å². The van der Waals surface area contributed by atoms with Crippen molar-refractivity contribution in [3.8, 4) is 11.5 Å². The summed E-state index contributed by atoms with van der Waals surface area (Å²) in [6.07, 6.45) is 3.06. The Bertz CT molecular complexity index is 802. The highest BCUT2D eigenvalue weighted by Crippen LogP contribution is 2.28. The fourth-order valence-corrected chi connectivity index (χ4v) is 2.81. The summed E-state index contributed by atoms with van der Waals surface area (Å²) < 4.78 is 10.7. The van der Waals surface area contributed by atoms with Crippen molar-refractivity contribution >= 4 is 17.5 Å². The summed E-state index contributed by atoms with van der Waals surface area (Å²) in [6, 6.07) is 14.7. The second-order valence-corrected chi connectivity index (χ2v) is 6.53. The lowest BCUT2D eigenvalue weighted by Crippen LogP contribution is -2.29. The third kappa shape index (κ3) is 5.23. The van der Waals surface area contributed by atoms with Gasteiger partial charge in [-0.15, -0.1) is 0 Å². The van der Waals surface area contributed by atoms with Crippen LogP contribution < -0.4 is 20.1 Å². The standard InChI is InChI=1S/C21H24N2O4/c1-26-18-10-2-3-11-19(18)27-14-20(24)22-13-15-6-4-9-17(12-15)23-21(25)16-7-5-8-16/h2-4,6,9-12,16H,5,7-8,13-14H2,1H3,(H,22,24)(H,23,25). The zero-order valence-corrected chi connectivity index (χ0v) is 15.4. The van der Waals surface area contributed by atoms with Gasteiger partial charge in [0.15, 0.2) is 18.1 Å². The first-order chi connectivity index (χ1) is 13.2. The van der Waals surface area contributed by atoms with E-state index in [-0.39, 0.29) is 24.3 Å². The van der Waals surface area contributed by atoms with Gasteiger partial charge >= 0.3 is 0 Å². The first kappa shape index (κ1) is 18.8. The van der Waals surface area contributed by atoms with Gasteiger partial charge in [-0.1, -0.05) is 30.7 Å². The van der Waals surface area contributed by atoms with E-state index in [1.165, 1.54) is 0 Å². The number of carbonyl (C=O) groups excluding carboxylic acids is 2. The molecule has 2 aromatic carbocycles. The maximum atomic E-state index is 12.0. The third-order valence-electron chi connectivity index (χ3n) is 4.59. The lowest BCUT2D eigenvalue weighted by molar-refractivity contribution is -0.123. The van der Waals surface area contributed by atoms with Crippen molar-refractivity contribution in [2.75, 3.05) is 19.0 Å². The van der Waals surface area contributed by atoms with Crippen LogP contribution in [-0.4, -0.2) is 25.5 Å². The largest absolute Gasteiger partial charge is 0.493 e. The summed E-state index contributed by atoms with van der Waals surface area (Å²) in [7, 11) is 1.55. The van der Waals surface area contributed by atoms with Crippen molar-refractivity contribution in [3.63, 3.8) is 0 Å². The van der Waals surface area contributed by atoms with E-state index in [2.05, 4.69) is 10.6 Å². The predicted octanol–water partition coefficient (Wildman–Crippen LogP) is 3.13. The molecule has 6 heteroatoms. The van der Waals surface area contributed by atoms with E-state index < -0.39 is 0 Å². The summed E-state index contributed by atoms with van der Waals surface area (Å²) in [4.78, 5) is 24.1. The molecule has 0 saturated heterocycles. The molecule has 0 aromatic heterocycles. The molecular weight excluding hydrogens is 344 g/mol. The second kappa shape index (κ2) is 9.07. The molecule has 1 aliphatic carbocycles. The molecule has 0 spiro atoms. The molecule has 0 aliphatic heterocycles. The van der Waals surface area contributed by atoms with E-state index >= 15 is 0 Å². The van der Waals surface area contributed by atoms with Crippen molar-refractivity contribution in [2.45, 2.75) is 25.8 Å². The van der Waals surface area contributed by atoms with E-state index in [1.54, 1.807) is 19.2 Å². The fraction of sp³-hybridized carbons (Fsp3) is 0.333. The number of hydrogen-bond donors (Lipinski definition) is 2. The van der Waals surface area contributed by atoms with E-state index in [1.807, 2.05) is 36.4 Å². The van der Waals surface area contributed by atoms with Crippen LogP contribution in [0.4, 0.5) is 5.69 Å². The highest BCUT2D eigenvalue weighted by Gasteiger charge is 2.25. The van der Waals surface area contributed by atoms with Crippen LogP contribution in [0.2, 0.25) is 0 Å². The first-order valence-electron chi connectivity index (χ1n) is 9.08. The maximum absolute atomic E-state index is 12.0. The van der Waals surface area contributed by atoms with Crippen molar-refractivity contribution in [1.29, 1.82) is 0 Å². The van der Waals surface area contributed by atoms with Gasteiger partial charge in [0.25, 0.3) is 5.91 Å². The molecule has 27 heavy (non-hydrogen) atoms. The molecule has 142 valence electrons. The van der Waals surface area contributed by atoms with Crippen LogP contribution in [0.15, 0.2) is 48.5 Å². The number of methoxy groups -OCH3 is 1. The minimum atomic E-state index is -0.232. The number of ether oxygens (including phenoxy) is 2. The van der Waals surface area contributed by atoms with Gasteiger partial charge in [0.2, 0.25) is 5.91 Å². The Balaban J connectivity index is 1.47. The Morgan fingerprint density at radius 3 is 2.56 bits per heavy atom. The van der Waals surface area contributed by atoms with E-state index in [9.17, 15) is 9.59 Å². The molecular formula is C21H24N2O4. The molecule has 0 heterocycles. The Labute approximate surface area is 158 Å². The van der Waals surface area contributed by atoms with Crippen molar-refractivity contribution in [3.05, 3.63) is 54.1 Å². The number of hydrogen-bond acceptors (Lipinski definition) is 4. The summed E-state index contributed by atoms with van der Waals surface area (Å²) in [5, 5.41) is 5.76. The normalized spacial score (nSPS) is 13.4. The molecule has 0 radical (unpaired) electrons. The maximum Gasteiger partial charge on any atom is 0.258 e.